The van der Waals surface area contributed by atoms with Crippen molar-refractivity contribution in [2.24, 2.45) is 0 Å². The summed E-state index contributed by atoms with van der Waals surface area (Å²) in [6, 6.07) is 39.3. The molecule has 0 bridgehead atoms. The van der Waals surface area contributed by atoms with Gasteiger partial charge in [0.05, 0.1) is 22.1 Å². The Hall–Kier alpha value is -5.74. The predicted octanol–water partition coefficient (Wildman–Crippen LogP) is 9.52. The van der Waals surface area contributed by atoms with Crippen molar-refractivity contribution >= 4 is 65.2 Å². The molecule has 194 valence electrons. The van der Waals surface area contributed by atoms with Crippen molar-refractivity contribution in [3.8, 4) is 22.5 Å². The number of aromatic nitrogens is 4. The van der Waals surface area contributed by atoms with E-state index >= 15 is 0 Å². The van der Waals surface area contributed by atoms with E-state index in [0.29, 0.717) is 0 Å². The Morgan fingerprint density at radius 1 is 0.381 bits per heavy atom. The molecular formula is C38H22N4. The molecule has 0 spiro atoms. The Balaban J connectivity index is 1.67. The molecule has 6 aromatic carbocycles. The van der Waals surface area contributed by atoms with Crippen LogP contribution in [-0.4, -0.2) is 19.1 Å². The Labute approximate surface area is 240 Å². The minimum absolute atomic E-state index is 1.13. The third-order valence-corrected chi connectivity index (χ3v) is 9.00. The van der Waals surface area contributed by atoms with Gasteiger partial charge in [0.2, 0.25) is 0 Å². The molecule has 0 saturated carbocycles. The maximum absolute atomic E-state index is 4.66. The van der Waals surface area contributed by atoms with Crippen molar-refractivity contribution in [2.75, 3.05) is 0 Å². The molecule has 4 heterocycles. The molecule has 8 aromatic rings. The van der Waals surface area contributed by atoms with Gasteiger partial charge < -0.3 is 9.13 Å². The minimum Gasteiger partial charge on any atom is -0.309 e. The molecule has 10 rings (SSSR count). The lowest BCUT2D eigenvalue weighted by Crippen LogP contribution is -2.11. The molecule has 0 atom stereocenters. The van der Waals surface area contributed by atoms with E-state index in [1.165, 1.54) is 65.5 Å². The summed E-state index contributed by atoms with van der Waals surface area (Å²) in [7, 11) is 0. The molecule has 42 heavy (non-hydrogen) atoms. The van der Waals surface area contributed by atoms with Crippen LogP contribution >= 0.6 is 0 Å². The van der Waals surface area contributed by atoms with E-state index < -0.39 is 0 Å². The largest absolute Gasteiger partial charge is 0.309 e. The zero-order chi connectivity index (χ0) is 27.4. The first-order chi connectivity index (χ1) is 20.9. The second-order valence-electron chi connectivity index (χ2n) is 11.0. The van der Waals surface area contributed by atoms with E-state index in [2.05, 4.69) is 128 Å². The van der Waals surface area contributed by atoms with Gasteiger partial charge in [0.1, 0.15) is 0 Å². The molecule has 0 fully saturated rings. The second-order valence-corrected chi connectivity index (χ2v) is 11.0. The van der Waals surface area contributed by atoms with Crippen molar-refractivity contribution in [3.05, 3.63) is 134 Å². The molecule has 0 unspecified atom stereocenters. The number of para-hydroxylation sites is 2. The fourth-order valence-corrected chi connectivity index (χ4v) is 7.45. The van der Waals surface area contributed by atoms with E-state index in [-0.39, 0.29) is 0 Å². The number of rotatable bonds is 2. The molecule has 0 amide bonds. The van der Waals surface area contributed by atoms with Gasteiger partial charge in [-0.3, -0.25) is 9.97 Å². The standard InChI is InChI=1S/C38H22N4/c1-3-9-23(10-4-1)41-31-15-7-13-27-26-18-20-40-22-30(26)38-36(33(27)31)35-34-28(25-17-19-39-21-29(25)37(35)41)14-8-16-32(34)42(38)24-11-5-2-6-12-24/h1-22H. The van der Waals surface area contributed by atoms with Crippen molar-refractivity contribution in [3.63, 3.8) is 0 Å². The zero-order valence-electron chi connectivity index (χ0n) is 22.5. The lowest BCUT2D eigenvalue weighted by atomic mass is 9.83. The molecule has 0 saturated heterocycles. The van der Waals surface area contributed by atoms with Crippen LogP contribution in [0.4, 0.5) is 0 Å². The Morgan fingerprint density at radius 2 is 0.833 bits per heavy atom. The molecule has 0 N–H and O–H groups in total. The molecular weight excluding hydrogens is 512 g/mol. The minimum atomic E-state index is 1.13. The van der Waals surface area contributed by atoms with Crippen LogP contribution in [0.1, 0.15) is 0 Å². The average molecular weight is 535 g/mol. The number of fused-ring (bicyclic) bond motifs is 6. The highest BCUT2D eigenvalue weighted by Crippen LogP contribution is 2.53. The maximum Gasteiger partial charge on any atom is 0.0642 e. The zero-order valence-corrected chi connectivity index (χ0v) is 22.5. The van der Waals surface area contributed by atoms with Crippen molar-refractivity contribution in [1.82, 2.24) is 19.1 Å². The predicted molar refractivity (Wildman–Crippen MR) is 174 cm³/mol. The summed E-state index contributed by atoms with van der Waals surface area (Å²) in [6.45, 7) is 0. The van der Waals surface area contributed by atoms with Gasteiger partial charge in [-0.05, 0) is 70.1 Å². The summed E-state index contributed by atoms with van der Waals surface area (Å²) in [6.07, 6.45) is 7.91. The summed E-state index contributed by atoms with van der Waals surface area (Å²) in [5.74, 6) is 0. The van der Waals surface area contributed by atoms with Crippen LogP contribution in [0.15, 0.2) is 134 Å². The van der Waals surface area contributed by atoms with Gasteiger partial charge in [0.15, 0.2) is 0 Å². The Bertz CT molecular complexity index is 2420. The monoisotopic (exact) mass is 534 g/mol. The third-order valence-electron chi connectivity index (χ3n) is 9.00. The number of pyridine rings is 4. The van der Waals surface area contributed by atoms with Gasteiger partial charge in [-0.15, -0.1) is 0 Å². The number of hydrogen-bond donors (Lipinski definition) is 0. The summed E-state index contributed by atoms with van der Waals surface area (Å²) in [4.78, 5) is 9.33. The van der Waals surface area contributed by atoms with Crippen LogP contribution in [0.25, 0.3) is 87.7 Å². The van der Waals surface area contributed by atoms with Crippen molar-refractivity contribution in [2.45, 2.75) is 0 Å². The normalized spacial score (nSPS) is 12.3. The fraction of sp³-hybridized carbons (Fsp3) is 0. The summed E-state index contributed by atoms with van der Waals surface area (Å²) in [5.41, 5.74) is 9.52. The van der Waals surface area contributed by atoms with Crippen LogP contribution in [0.2, 0.25) is 0 Å². The van der Waals surface area contributed by atoms with E-state index in [1.807, 2.05) is 24.8 Å². The Kier molecular flexibility index (Phi) is 4.15. The third kappa shape index (κ3) is 2.62. The Morgan fingerprint density at radius 3 is 1.29 bits per heavy atom. The van der Waals surface area contributed by atoms with Crippen LogP contribution in [0.3, 0.4) is 0 Å². The quantitative estimate of drug-likeness (QED) is 0.164. The number of benzene rings is 6. The summed E-state index contributed by atoms with van der Waals surface area (Å²) >= 11 is 0. The summed E-state index contributed by atoms with van der Waals surface area (Å²) < 4.78 is 4.92. The second kappa shape index (κ2) is 7.93. The number of nitrogens with zero attached hydrogens (tertiary/aromatic N) is 4. The average Bonchev–Trinajstić information content (AvgIpc) is 3.07. The van der Waals surface area contributed by atoms with E-state index in [9.17, 15) is 0 Å². The molecule has 2 aromatic heterocycles. The highest BCUT2D eigenvalue weighted by molar-refractivity contribution is 6.37. The first kappa shape index (κ1) is 22.0. The molecule has 2 aliphatic heterocycles. The SMILES string of the molecule is c1ccc(-n2c3cccc4c5ccncc5c5c(c43)-c3c4c(cccc4n5-c4ccccc4)c4ccncc4c32)cc1. The van der Waals surface area contributed by atoms with Crippen molar-refractivity contribution < 1.29 is 0 Å². The van der Waals surface area contributed by atoms with Gasteiger partial charge in [-0.2, -0.15) is 0 Å². The van der Waals surface area contributed by atoms with Gasteiger partial charge in [-0.1, -0.05) is 60.7 Å². The molecule has 0 radical (unpaired) electrons. The van der Waals surface area contributed by atoms with E-state index in [0.717, 1.165) is 22.1 Å². The van der Waals surface area contributed by atoms with Crippen LogP contribution in [0.5, 0.6) is 0 Å². The van der Waals surface area contributed by atoms with Gasteiger partial charge in [-0.25, -0.2) is 0 Å². The fourth-order valence-electron chi connectivity index (χ4n) is 7.45. The summed E-state index contributed by atoms with van der Waals surface area (Å²) in [5, 5.41) is 9.71. The smallest absolute Gasteiger partial charge is 0.0642 e. The topological polar surface area (TPSA) is 35.6 Å². The molecule has 4 nitrogen and oxygen atoms in total. The first-order valence-corrected chi connectivity index (χ1v) is 14.3. The molecule has 2 aliphatic rings. The first-order valence-electron chi connectivity index (χ1n) is 14.3. The van der Waals surface area contributed by atoms with E-state index in [4.69, 9.17) is 0 Å². The van der Waals surface area contributed by atoms with Crippen molar-refractivity contribution in [1.29, 1.82) is 0 Å². The highest BCUT2D eigenvalue weighted by Gasteiger charge is 2.30. The van der Waals surface area contributed by atoms with Crippen LogP contribution in [0, 0.1) is 0 Å². The van der Waals surface area contributed by atoms with E-state index in [1.54, 1.807) is 0 Å². The van der Waals surface area contributed by atoms with Gasteiger partial charge >= 0.3 is 0 Å². The molecule has 0 aliphatic carbocycles. The lowest BCUT2D eigenvalue weighted by Gasteiger charge is -2.31. The highest BCUT2D eigenvalue weighted by atomic mass is 15.0. The lowest BCUT2D eigenvalue weighted by molar-refractivity contribution is 1.15. The van der Waals surface area contributed by atoms with Gasteiger partial charge in [0, 0.05) is 68.8 Å². The molecule has 4 heteroatoms. The number of hydrogen-bond acceptors (Lipinski definition) is 2. The van der Waals surface area contributed by atoms with Crippen LogP contribution in [-0.2, 0) is 0 Å². The maximum atomic E-state index is 4.66. The van der Waals surface area contributed by atoms with Gasteiger partial charge in [0.25, 0.3) is 0 Å². The van der Waals surface area contributed by atoms with Crippen LogP contribution < -0.4 is 0 Å².